The van der Waals surface area contributed by atoms with Crippen LogP contribution in [0.5, 0.6) is 0 Å². The monoisotopic (exact) mass is 419 g/mol. The molecule has 0 fully saturated rings. The molecule has 0 radical (unpaired) electrons. The first kappa shape index (κ1) is 18.3. The van der Waals surface area contributed by atoms with Gasteiger partial charge in [0.05, 0.1) is 28.2 Å². The first-order valence-corrected chi connectivity index (χ1v) is 10.8. The van der Waals surface area contributed by atoms with E-state index < -0.39 is 0 Å². The number of halogens is 1. The standard InChI is InChI=1S/C23H18ClN3OS/c24-17-11-12-18-19(13-17)26-23(25-18)29-14-22(28)27-20-7-3-1-5-15(20)9-10-16-6-2-4-8-21(16)27/h1-8,11-13H,9-10,14H2,(H,25,26). The van der Waals surface area contributed by atoms with Gasteiger partial charge in [0.2, 0.25) is 5.91 Å². The minimum atomic E-state index is 0.0373. The molecule has 1 amide bonds. The molecule has 0 spiro atoms. The van der Waals surface area contributed by atoms with E-state index in [4.69, 9.17) is 11.6 Å². The number of rotatable bonds is 3. The molecule has 1 aliphatic rings. The highest BCUT2D eigenvalue weighted by Crippen LogP contribution is 2.36. The predicted octanol–water partition coefficient (Wildman–Crippen LogP) is 5.77. The van der Waals surface area contributed by atoms with Crippen LogP contribution in [0.25, 0.3) is 11.0 Å². The Balaban J connectivity index is 1.45. The lowest BCUT2D eigenvalue weighted by Gasteiger charge is -2.24. The Kier molecular flexibility index (Phi) is 4.78. The van der Waals surface area contributed by atoms with Crippen LogP contribution in [0.3, 0.4) is 0 Å². The smallest absolute Gasteiger partial charge is 0.242 e. The number of para-hydroxylation sites is 2. The topological polar surface area (TPSA) is 49.0 Å². The molecule has 144 valence electrons. The molecule has 5 rings (SSSR count). The van der Waals surface area contributed by atoms with Crippen LogP contribution in [0, 0.1) is 0 Å². The van der Waals surface area contributed by atoms with Crippen LogP contribution in [0.2, 0.25) is 5.02 Å². The van der Waals surface area contributed by atoms with Gasteiger partial charge in [0.1, 0.15) is 0 Å². The maximum absolute atomic E-state index is 13.4. The summed E-state index contributed by atoms with van der Waals surface area (Å²) in [5.41, 5.74) is 6.05. The van der Waals surface area contributed by atoms with E-state index in [1.165, 1.54) is 22.9 Å². The Morgan fingerprint density at radius 3 is 2.34 bits per heavy atom. The van der Waals surface area contributed by atoms with Gasteiger partial charge < -0.3 is 4.98 Å². The molecule has 0 unspecified atom stereocenters. The van der Waals surface area contributed by atoms with Gasteiger partial charge in [0.25, 0.3) is 0 Å². The fourth-order valence-corrected chi connectivity index (χ4v) is 4.68. The first-order valence-electron chi connectivity index (χ1n) is 9.46. The van der Waals surface area contributed by atoms with E-state index in [1.807, 2.05) is 59.5 Å². The van der Waals surface area contributed by atoms with Gasteiger partial charge in [-0.1, -0.05) is 59.8 Å². The molecular weight excluding hydrogens is 402 g/mol. The molecule has 6 heteroatoms. The van der Waals surface area contributed by atoms with Crippen LogP contribution >= 0.6 is 23.4 Å². The minimum Gasteiger partial charge on any atom is -0.333 e. The highest BCUT2D eigenvalue weighted by molar-refractivity contribution is 7.99. The van der Waals surface area contributed by atoms with E-state index in [0.717, 1.165) is 35.2 Å². The van der Waals surface area contributed by atoms with Gasteiger partial charge >= 0.3 is 0 Å². The molecule has 0 atom stereocenters. The highest BCUT2D eigenvalue weighted by Gasteiger charge is 2.25. The number of aromatic amines is 1. The second-order valence-electron chi connectivity index (χ2n) is 6.98. The molecule has 0 aliphatic carbocycles. The second kappa shape index (κ2) is 7.58. The quantitative estimate of drug-likeness (QED) is 0.429. The summed E-state index contributed by atoms with van der Waals surface area (Å²) in [5.74, 6) is 0.325. The van der Waals surface area contributed by atoms with Crippen LogP contribution < -0.4 is 4.90 Å². The summed E-state index contributed by atoms with van der Waals surface area (Å²) in [6.45, 7) is 0. The van der Waals surface area contributed by atoms with Crippen LogP contribution in [-0.2, 0) is 17.6 Å². The van der Waals surface area contributed by atoms with Crippen LogP contribution in [-0.4, -0.2) is 21.6 Å². The maximum Gasteiger partial charge on any atom is 0.242 e. The summed E-state index contributed by atoms with van der Waals surface area (Å²) in [4.78, 5) is 23.0. The van der Waals surface area contributed by atoms with Crippen molar-refractivity contribution in [2.24, 2.45) is 0 Å². The summed E-state index contributed by atoms with van der Waals surface area (Å²) >= 11 is 7.46. The van der Waals surface area contributed by atoms with Crippen molar-refractivity contribution in [1.29, 1.82) is 0 Å². The molecule has 4 aromatic rings. The number of nitrogens with one attached hydrogen (secondary N) is 1. The van der Waals surface area contributed by atoms with E-state index in [1.54, 1.807) is 0 Å². The zero-order valence-electron chi connectivity index (χ0n) is 15.6. The molecule has 3 aromatic carbocycles. The Morgan fingerprint density at radius 1 is 1.00 bits per heavy atom. The molecule has 4 nitrogen and oxygen atoms in total. The van der Waals surface area contributed by atoms with Gasteiger partial charge in [0.15, 0.2) is 5.16 Å². The van der Waals surface area contributed by atoms with Crippen molar-refractivity contribution in [2.75, 3.05) is 10.7 Å². The highest BCUT2D eigenvalue weighted by atomic mass is 35.5. The molecule has 0 saturated carbocycles. The van der Waals surface area contributed by atoms with Gasteiger partial charge in [0, 0.05) is 5.02 Å². The van der Waals surface area contributed by atoms with Gasteiger partial charge in [-0.2, -0.15) is 0 Å². The zero-order valence-corrected chi connectivity index (χ0v) is 17.1. The summed E-state index contributed by atoms with van der Waals surface area (Å²) in [6, 6.07) is 21.9. The van der Waals surface area contributed by atoms with Crippen molar-refractivity contribution in [2.45, 2.75) is 18.0 Å². The Labute approximate surface area is 177 Å². The summed E-state index contributed by atoms with van der Waals surface area (Å²) in [5, 5.41) is 1.37. The summed E-state index contributed by atoms with van der Waals surface area (Å²) < 4.78 is 0. The number of hydrogen-bond donors (Lipinski definition) is 1. The van der Waals surface area contributed by atoms with E-state index >= 15 is 0 Å². The number of imidazole rings is 1. The molecule has 1 aromatic heterocycles. The number of fused-ring (bicyclic) bond motifs is 3. The fraction of sp³-hybridized carbons (Fsp3) is 0.130. The van der Waals surface area contributed by atoms with E-state index in [2.05, 4.69) is 22.1 Å². The molecule has 0 saturated heterocycles. The molecule has 1 aliphatic heterocycles. The Bertz CT molecular complexity index is 1170. The third kappa shape index (κ3) is 3.52. The maximum atomic E-state index is 13.4. The average molecular weight is 420 g/mol. The normalized spacial score (nSPS) is 13.1. The molecule has 2 heterocycles. The minimum absolute atomic E-state index is 0.0373. The molecule has 29 heavy (non-hydrogen) atoms. The largest absolute Gasteiger partial charge is 0.333 e. The van der Waals surface area contributed by atoms with E-state index in [-0.39, 0.29) is 11.7 Å². The number of thioether (sulfide) groups is 1. The number of carbonyl (C=O) groups is 1. The van der Waals surface area contributed by atoms with Gasteiger partial charge in [-0.25, -0.2) is 4.98 Å². The van der Waals surface area contributed by atoms with Crippen molar-refractivity contribution in [3.63, 3.8) is 0 Å². The van der Waals surface area contributed by atoms with Crippen molar-refractivity contribution in [3.8, 4) is 0 Å². The van der Waals surface area contributed by atoms with Crippen LogP contribution in [0.4, 0.5) is 11.4 Å². The van der Waals surface area contributed by atoms with Gasteiger partial charge in [-0.3, -0.25) is 9.69 Å². The van der Waals surface area contributed by atoms with Crippen molar-refractivity contribution >= 4 is 51.7 Å². The SMILES string of the molecule is O=C(CSc1nc2ccc(Cl)cc2[nH]1)N1c2ccccc2CCc2ccccc21. The van der Waals surface area contributed by atoms with E-state index in [0.29, 0.717) is 10.2 Å². The number of amides is 1. The number of carbonyl (C=O) groups excluding carboxylic acids is 1. The number of aryl methyl sites for hydroxylation is 2. The second-order valence-corrected chi connectivity index (χ2v) is 8.38. The number of benzene rings is 3. The lowest BCUT2D eigenvalue weighted by Crippen LogP contribution is -2.28. The number of hydrogen-bond acceptors (Lipinski definition) is 3. The van der Waals surface area contributed by atoms with Crippen molar-refractivity contribution < 1.29 is 4.79 Å². The van der Waals surface area contributed by atoms with Crippen LogP contribution in [0.15, 0.2) is 71.9 Å². The number of anilines is 2. The number of H-pyrrole nitrogens is 1. The van der Waals surface area contributed by atoms with Crippen molar-refractivity contribution in [3.05, 3.63) is 82.9 Å². The Hall–Kier alpha value is -2.76. The van der Waals surface area contributed by atoms with Gasteiger partial charge in [-0.05, 0) is 54.3 Å². The number of nitrogens with zero attached hydrogens (tertiary/aromatic N) is 2. The predicted molar refractivity (Wildman–Crippen MR) is 119 cm³/mol. The van der Waals surface area contributed by atoms with Crippen molar-refractivity contribution in [1.82, 2.24) is 9.97 Å². The zero-order chi connectivity index (χ0) is 19.8. The van der Waals surface area contributed by atoms with Gasteiger partial charge in [-0.15, -0.1) is 0 Å². The number of aromatic nitrogens is 2. The summed E-state index contributed by atoms with van der Waals surface area (Å²) in [7, 11) is 0. The Morgan fingerprint density at radius 2 is 1.66 bits per heavy atom. The fourth-order valence-electron chi connectivity index (χ4n) is 3.77. The molecule has 0 bridgehead atoms. The first-order chi connectivity index (χ1) is 14.2. The lowest BCUT2D eigenvalue weighted by atomic mass is 10.0. The third-order valence-corrected chi connectivity index (χ3v) is 6.23. The average Bonchev–Trinajstić information content (AvgIpc) is 3.06. The van der Waals surface area contributed by atoms with E-state index in [9.17, 15) is 4.79 Å². The lowest BCUT2D eigenvalue weighted by molar-refractivity contribution is -0.115. The molecular formula is C23H18ClN3OS. The molecule has 1 N–H and O–H groups in total. The van der Waals surface area contributed by atoms with Crippen LogP contribution in [0.1, 0.15) is 11.1 Å². The third-order valence-electron chi connectivity index (χ3n) is 5.13. The summed E-state index contributed by atoms with van der Waals surface area (Å²) in [6.07, 6.45) is 1.85.